The Labute approximate surface area is 150 Å². The molecule has 3 heterocycles. The van der Waals surface area contributed by atoms with Crippen molar-refractivity contribution in [3.8, 4) is 0 Å². The Morgan fingerprint density at radius 3 is 2.38 bits per heavy atom. The largest absolute Gasteiger partial charge is 0.342 e. The molecule has 1 N–H and O–H groups in total. The summed E-state index contributed by atoms with van der Waals surface area (Å²) in [6.45, 7) is 7.07. The average molecular weight is 367 g/mol. The molecule has 1 amide bonds. The van der Waals surface area contributed by atoms with E-state index in [-0.39, 0.29) is 0 Å². The molecular formula is C18H22FNO6. The maximum atomic E-state index is 13.4. The second-order valence-corrected chi connectivity index (χ2v) is 7.59. The van der Waals surface area contributed by atoms with Gasteiger partial charge in [0.05, 0.1) is 0 Å². The van der Waals surface area contributed by atoms with Crippen LogP contribution < -0.4 is 5.32 Å². The summed E-state index contributed by atoms with van der Waals surface area (Å²) >= 11 is 0. The number of anilines is 1. The molecule has 3 saturated heterocycles. The fourth-order valence-electron chi connectivity index (χ4n) is 3.60. The van der Waals surface area contributed by atoms with Crippen LogP contribution in [-0.4, -0.2) is 48.2 Å². The van der Waals surface area contributed by atoms with Crippen molar-refractivity contribution in [3.63, 3.8) is 0 Å². The topological polar surface area (TPSA) is 75.3 Å². The van der Waals surface area contributed by atoms with E-state index in [1.54, 1.807) is 33.8 Å². The van der Waals surface area contributed by atoms with Crippen molar-refractivity contribution in [3.05, 3.63) is 30.1 Å². The lowest BCUT2D eigenvalue weighted by Crippen LogP contribution is -2.58. The molecule has 7 nitrogen and oxygen atoms in total. The molecule has 142 valence electrons. The molecule has 4 rings (SSSR count). The number of amides is 1. The van der Waals surface area contributed by atoms with E-state index in [1.165, 1.54) is 18.2 Å². The SMILES string of the molecule is CC1(C)O[C@@H]2O[C@@H](C(=O)Nc3cccc(F)c3)[C@H]3OC(C)(C)O[C@H]3[C@H]2O1. The monoisotopic (exact) mass is 367 g/mol. The van der Waals surface area contributed by atoms with Crippen molar-refractivity contribution < 1.29 is 32.9 Å². The van der Waals surface area contributed by atoms with Crippen LogP contribution in [0.5, 0.6) is 0 Å². The van der Waals surface area contributed by atoms with E-state index in [1.807, 2.05) is 0 Å². The summed E-state index contributed by atoms with van der Waals surface area (Å²) in [6, 6.07) is 5.64. The van der Waals surface area contributed by atoms with E-state index >= 15 is 0 Å². The highest BCUT2D eigenvalue weighted by molar-refractivity contribution is 5.94. The molecule has 5 atom stereocenters. The van der Waals surface area contributed by atoms with Crippen molar-refractivity contribution in [2.75, 3.05) is 5.32 Å². The molecule has 0 bridgehead atoms. The first-order chi connectivity index (χ1) is 12.1. The van der Waals surface area contributed by atoms with E-state index in [4.69, 9.17) is 23.7 Å². The molecule has 0 aromatic heterocycles. The van der Waals surface area contributed by atoms with Gasteiger partial charge in [-0.1, -0.05) is 6.07 Å². The van der Waals surface area contributed by atoms with Gasteiger partial charge in [0.25, 0.3) is 5.91 Å². The summed E-state index contributed by atoms with van der Waals surface area (Å²) in [5.41, 5.74) is 0.333. The molecular weight excluding hydrogens is 345 g/mol. The molecule has 1 aromatic carbocycles. The average Bonchev–Trinajstić information content (AvgIpc) is 3.00. The molecule has 0 radical (unpaired) electrons. The van der Waals surface area contributed by atoms with Crippen LogP contribution in [0.1, 0.15) is 27.7 Å². The lowest BCUT2D eigenvalue weighted by molar-refractivity contribution is -0.229. The van der Waals surface area contributed by atoms with Crippen LogP contribution in [0.4, 0.5) is 10.1 Å². The maximum absolute atomic E-state index is 13.4. The zero-order valence-corrected chi connectivity index (χ0v) is 15.0. The number of halogens is 1. The number of benzene rings is 1. The predicted molar refractivity (Wildman–Crippen MR) is 87.6 cm³/mol. The van der Waals surface area contributed by atoms with Gasteiger partial charge in [-0.2, -0.15) is 0 Å². The van der Waals surface area contributed by atoms with Crippen molar-refractivity contribution in [1.82, 2.24) is 0 Å². The van der Waals surface area contributed by atoms with E-state index in [2.05, 4.69) is 5.32 Å². The van der Waals surface area contributed by atoms with Crippen molar-refractivity contribution in [2.45, 2.75) is 70.0 Å². The van der Waals surface area contributed by atoms with Crippen molar-refractivity contribution in [2.24, 2.45) is 0 Å². The van der Waals surface area contributed by atoms with Gasteiger partial charge in [0.15, 0.2) is 24.0 Å². The normalized spacial score (nSPS) is 37.0. The number of hydrogen-bond acceptors (Lipinski definition) is 6. The highest BCUT2D eigenvalue weighted by Crippen LogP contribution is 2.44. The van der Waals surface area contributed by atoms with Crippen LogP contribution in [0.3, 0.4) is 0 Å². The van der Waals surface area contributed by atoms with E-state index < -0.39 is 54.0 Å². The molecule has 0 aliphatic carbocycles. The van der Waals surface area contributed by atoms with Gasteiger partial charge in [-0.05, 0) is 45.9 Å². The number of nitrogens with one attached hydrogen (secondary N) is 1. The van der Waals surface area contributed by atoms with Gasteiger partial charge in [0, 0.05) is 5.69 Å². The third-order valence-electron chi connectivity index (χ3n) is 4.51. The second-order valence-electron chi connectivity index (χ2n) is 7.59. The zero-order valence-electron chi connectivity index (χ0n) is 15.0. The van der Waals surface area contributed by atoms with Gasteiger partial charge in [-0.15, -0.1) is 0 Å². The number of fused-ring (bicyclic) bond motifs is 3. The Hall–Kier alpha value is -1.58. The Bertz CT molecular complexity index is 723. The van der Waals surface area contributed by atoms with Crippen molar-refractivity contribution >= 4 is 11.6 Å². The quantitative estimate of drug-likeness (QED) is 0.863. The highest BCUT2D eigenvalue weighted by atomic mass is 19.1. The second kappa shape index (κ2) is 5.97. The maximum Gasteiger partial charge on any atom is 0.256 e. The summed E-state index contributed by atoms with van der Waals surface area (Å²) in [5.74, 6) is -2.65. The summed E-state index contributed by atoms with van der Waals surface area (Å²) in [6.07, 6.45) is -3.43. The number of rotatable bonds is 2. The Kier molecular flexibility index (Phi) is 4.09. The number of carbonyl (C=O) groups is 1. The lowest BCUT2D eigenvalue weighted by atomic mass is 9.98. The molecule has 26 heavy (non-hydrogen) atoms. The number of ether oxygens (including phenoxy) is 5. The molecule has 0 spiro atoms. The first-order valence-corrected chi connectivity index (χ1v) is 8.57. The minimum absolute atomic E-state index is 0.333. The van der Waals surface area contributed by atoms with Gasteiger partial charge in [-0.25, -0.2) is 4.39 Å². The van der Waals surface area contributed by atoms with Crippen LogP contribution in [0.15, 0.2) is 24.3 Å². The summed E-state index contributed by atoms with van der Waals surface area (Å²) in [5, 5.41) is 2.66. The third-order valence-corrected chi connectivity index (χ3v) is 4.51. The molecule has 0 unspecified atom stereocenters. The van der Waals surface area contributed by atoms with Crippen LogP contribution in [-0.2, 0) is 28.5 Å². The number of hydrogen-bond donors (Lipinski definition) is 1. The molecule has 8 heteroatoms. The van der Waals surface area contributed by atoms with Gasteiger partial charge >= 0.3 is 0 Å². The van der Waals surface area contributed by atoms with E-state index in [9.17, 15) is 9.18 Å². The fraction of sp³-hybridized carbons (Fsp3) is 0.611. The predicted octanol–water partition coefficient (Wildman–Crippen LogP) is 2.16. The first-order valence-electron chi connectivity index (χ1n) is 8.57. The third kappa shape index (κ3) is 3.23. The minimum atomic E-state index is -0.983. The van der Waals surface area contributed by atoms with Crippen LogP contribution in [0.2, 0.25) is 0 Å². The summed E-state index contributed by atoms with van der Waals surface area (Å²) in [4.78, 5) is 12.8. The zero-order chi connectivity index (χ0) is 18.7. The molecule has 3 aliphatic rings. The molecule has 1 aromatic rings. The summed E-state index contributed by atoms with van der Waals surface area (Å²) < 4.78 is 42.8. The van der Waals surface area contributed by atoms with Gasteiger partial charge in [0.2, 0.25) is 0 Å². The van der Waals surface area contributed by atoms with Crippen LogP contribution in [0.25, 0.3) is 0 Å². The standard InChI is InChI=1S/C18H22FNO6/c1-17(2)23-11-12(24-17)14-16(26-18(3,4)25-14)22-13(11)15(21)20-10-7-5-6-9(19)8-10/h5-8,11-14,16H,1-4H3,(H,20,21)/t11-,12+,13+,14+,16-/m0/s1. The Morgan fingerprint density at radius 1 is 1.00 bits per heavy atom. The minimum Gasteiger partial charge on any atom is -0.342 e. The lowest BCUT2D eigenvalue weighted by Gasteiger charge is -2.36. The van der Waals surface area contributed by atoms with Gasteiger partial charge in [-0.3, -0.25) is 4.79 Å². The number of carbonyl (C=O) groups excluding carboxylic acids is 1. The molecule has 0 saturated carbocycles. The van der Waals surface area contributed by atoms with Gasteiger partial charge in [0.1, 0.15) is 24.1 Å². The highest BCUT2D eigenvalue weighted by Gasteiger charge is 2.62. The van der Waals surface area contributed by atoms with Gasteiger partial charge < -0.3 is 29.0 Å². The van der Waals surface area contributed by atoms with Crippen LogP contribution >= 0.6 is 0 Å². The van der Waals surface area contributed by atoms with E-state index in [0.29, 0.717) is 5.69 Å². The smallest absolute Gasteiger partial charge is 0.256 e. The van der Waals surface area contributed by atoms with Crippen LogP contribution in [0, 0.1) is 5.82 Å². The molecule has 3 aliphatic heterocycles. The Balaban J connectivity index is 1.58. The first kappa shape index (κ1) is 17.8. The Morgan fingerprint density at radius 2 is 1.65 bits per heavy atom. The molecule has 3 fully saturated rings. The van der Waals surface area contributed by atoms with Crippen molar-refractivity contribution in [1.29, 1.82) is 0 Å². The summed E-state index contributed by atoms with van der Waals surface area (Å²) in [7, 11) is 0. The fourth-order valence-corrected chi connectivity index (χ4v) is 3.60. The van der Waals surface area contributed by atoms with E-state index in [0.717, 1.165) is 0 Å².